The van der Waals surface area contributed by atoms with Gasteiger partial charge in [0, 0.05) is 18.3 Å². The average molecular weight is 273 g/mol. The summed E-state index contributed by atoms with van der Waals surface area (Å²) in [6.07, 6.45) is 7.03. The number of hydrogen-bond acceptors (Lipinski definition) is 2. The Kier molecular flexibility index (Phi) is 4.21. The lowest BCUT2D eigenvalue weighted by molar-refractivity contribution is 0.244. The number of carbonyl (C=O) groups is 1. The molecule has 1 aliphatic heterocycles. The highest BCUT2D eigenvalue weighted by Gasteiger charge is 2.17. The molecule has 1 aliphatic carbocycles. The van der Waals surface area contributed by atoms with Crippen LogP contribution >= 0.6 is 0 Å². The lowest BCUT2D eigenvalue weighted by atomic mass is 9.96. The van der Waals surface area contributed by atoms with E-state index in [1.165, 1.54) is 30.4 Å². The minimum atomic E-state index is -0.0594. The molecule has 1 aromatic rings. The first-order chi connectivity index (χ1) is 9.83. The van der Waals surface area contributed by atoms with Gasteiger partial charge in [-0.1, -0.05) is 31.4 Å². The first kappa shape index (κ1) is 13.4. The molecule has 1 fully saturated rings. The summed E-state index contributed by atoms with van der Waals surface area (Å²) in [7, 11) is 0. The monoisotopic (exact) mass is 273 g/mol. The minimum absolute atomic E-state index is 0.0594. The molecular weight excluding hydrogens is 250 g/mol. The van der Waals surface area contributed by atoms with Crippen LogP contribution in [-0.4, -0.2) is 18.6 Å². The van der Waals surface area contributed by atoms with Gasteiger partial charge in [0.05, 0.1) is 0 Å². The molecule has 1 heterocycles. The van der Waals surface area contributed by atoms with E-state index in [-0.39, 0.29) is 6.03 Å². The molecule has 2 amide bonds. The maximum absolute atomic E-state index is 12.1. The van der Waals surface area contributed by atoms with Crippen LogP contribution in [0.15, 0.2) is 18.2 Å². The Morgan fingerprint density at radius 2 is 2.05 bits per heavy atom. The quantitative estimate of drug-likeness (QED) is 0.776. The standard InChI is InChI=1S/C16H23N3O/c20-16(18-13-6-2-1-3-7-13)19-15-8-4-5-12-9-10-17-11-14(12)15/h4-5,8,13,17H,1-3,6-7,9-11H2,(H2,18,19,20). The van der Waals surface area contributed by atoms with Crippen molar-refractivity contribution in [2.45, 2.75) is 51.1 Å². The van der Waals surface area contributed by atoms with Crippen molar-refractivity contribution in [3.8, 4) is 0 Å². The number of nitrogens with one attached hydrogen (secondary N) is 3. The van der Waals surface area contributed by atoms with Gasteiger partial charge in [0.2, 0.25) is 0 Å². The molecule has 0 radical (unpaired) electrons. The van der Waals surface area contributed by atoms with E-state index in [0.717, 1.165) is 38.0 Å². The zero-order valence-corrected chi connectivity index (χ0v) is 11.9. The third kappa shape index (κ3) is 3.12. The van der Waals surface area contributed by atoms with Crippen molar-refractivity contribution in [2.75, 3.05) is 11.9 Å². The largest absolute Gasteiger partial charge is 0.335 e. The number of benzene rings is 1. The molecule has 1 saturated carbocycles. The first-order valence-corrected chi connectivity index (χ1v) is 7.72. The zero-order chi connectivity index (χ0) is 13.8. The molecule has 20 heavy (non-hydrogen) atoms. The van der Waals surface area contributed by atoms with Crippen molar-refractivity contribution in [1.82, 2.24) is 10.6 Å². The summed E-state index contributed by atoms with van der Waals surface area (Å²) >= 11 is 0. The Hall–Kier alpha value is -1.55. The summed E-state index contributed by atoms with van der Waals surface area (Å²) in [5.74, 6) is 0. The number of amides is 2. The predicted octanol–water partition coefficient (Wildman–Crippen LogP) is 2.79. The Balaban J connectivity index is 1.63. The lowest BCUT2D eigenvalue weighted by Crippen LogP contribution is -2.39. The van der Waals surface area contributed by atoms with Gasteiger partial charge in [-0.2, -0.15) is 0 Å². The van der Waals surface area contributed by atoms with Crippen LogP contribution < -0.4 is 16.0 Å². The molecule has 3 rings (SSSR count). The summed E-state index contributed by atoms with van der Waals surface area (Å²) in [6.45, 7) is 1.86. The van der Waals surface area contributed by atoms with Gasteiger partial charge in [-0.05, 0) is 43.0 Å². The maximum Gasteiger partial charge on any atom is 0.319 e. The number of rotatable bonds is 2. The van der Waals surface area contributed by atoms with Crippen molar-refractivity contribution < 1.29 is 4.79 Å². The molecule has 0 saturated heterocycles. The Morgan fingerprint density at radius 3 is 2.90 bits per heavy atom. The van der Waals surface area contributed by atoms with Crippen molar-refractivity contribution in [2.24, 2.45) is 0 Å². The summed E-state index contributed by atoms with van der Waals surface area (Å²) in [5.41, 5.74) is 3.53. The average Bonchev–Trinajstić information content (AvgIpc) is 2.48. The van der Waals surface area contributed by atoms with Gasteiger partial charge in [0.15, 0.2) is 0 Å². The van der Waals surface area contributed by atoms with E-state index in [1.54, 1.807) is 0 Å². The van der Waals surface area contributed by atoms with Crippen molar-refractivity contribution >= 4 is 11.7 Å². The van der Waals surface area contributed by atoms with Gasteiger partial charge >= 0.3 is 6.03 Å². The molecule has 4 heteroatoms. The van der Waals surface area contributed by atoms with Crippen LogP contribution in [0.3, 0.4) is 0 Å². The van der Waals surface area contributed by atoms with Gasteiger partial charge < -0.3 is 16.0 Å². The van der Waals surface area contributed by atoms with Crippen LogP contribution in [0.4, 0.5) is 10.5 Å². The molecule has 0 spiro atoms. The summed E-state index contributed by atoms with van der Waals surface area (Å²) in [5, 5.41) is 9.50. The Morgan fingerprint density at radius 1 is 1.20 bits per heavy atom. The molecule has 0 unspecified atom stereocenters. The third-order valence-electron chi connectivity index (χ3n) is 4.33. The number of urea groups is 1. The van der Waals surface area contributed by atoms with E-state index < -0.39 is 0 Å². The first-order valence-electron chi connectivity index (χ1n) is 7.72. The van der Waals surface area contributed by atoms with Crippen LogP contribution in [0, 0.1) is 0 Å². The fraction of sp³-hybridized carbons (Fsp3) is 0.562. The Labute approximate surface area is 120 Å². The SMILES string of the molecule is O=C(Nc1cccc2c1CNCC2)NC1CCCCC1. The van der Waals surface area contributed by atoms with Crippen molar-refractivity contribution in [3.63, 3.8) is 0 Å². The van der Waals surface area contributed by atoms with E-state index in [2.05, 4.69) is 22.0 Å². The van der Waals surface area contributed by atoms with E-state index in [4.69, 9.17) is 0 Å². The fourth-order valence-electron chi connectivity index (χ4n) is 3.22. The van der Waals surface area contributed by atoms with E-state index in [9.17, 15) is 4.79 Å². The molecule has 108 valence electrons. The van der Waals surface area contributed by atoms with Crippen LogP contribution in [-0.2, 0) is 13.0 Å². The molecular formula is C16H23N3O. The minimum Gasteiger partial charge on any atom is -0.335 e. The molecule has 1 aromatic carbocycles. The topological polar surface area (TPSA) is 53.2 Å². The number of anilines is 1. The molecule has 2 aliphatic rings. The second kappa shape index (κ2) is 6.27. The summed E-state index contributed by atoms with van der Waals surface area (Å²) < 4.78 is 0. The second-order valence-corrected chi connectivity index (χ2v) is 5.80. The normalized spacial score (nSPS) is 19.2. The van der Waals surface area contributed by atoms with Gasteiger partial charge in [0.1, 0.15) is 0 Å². The highest BCUT2D eigenvalue weighted by molar-refractivity contribution is 5.90. The molecule has 0 atom stereocenters. The zero-order valence-electron chi connectivity index (χ0n) is 11.9. The lowest BCUT2D eigenvalue weighted by Gasteiger charge is -2.24. The molecule has 0 bridgehead atoms. The predicted molar refractivity (Wildman–Crippen MR) is 80.9 cm³/mol. The summed E-state index contributed by atoms with van der Waals surface area (Å²) in [6, 6.07) is 6.46. The van der Waals surface area contributed by atoms with Crippen molar-refractivity contribution in [1.29, 1.82) is 0 Å². The number of fused-ring (bicyclic) bond motifs is 1. The van der Waals surface area contributed by atoms with Gasteiger partial charge in [-0.25, -0.2) is 4.79 Å². The van der Waals surface area contributed by atoms with Crippen LogP contribution in [0.5, 0.6) is 0 Å². The maximum atomic E-state index is 12.1. The van der Waals surface area contributed by atoms with Gasteiger partial charge in [0.25, 0.3) is 0 Å². The number of hydrogen-bond donors (Lipinski definition) is 3. The molecule has 3 N–H and O–H groups in total. The summed E-state index contributed by atoms with van der Waals surface area (Å²) in [4.78, 5) is 12.1. The van der Waals surface area contributed by atoms with Gasteiger partial charge in [-0.15, -0.1) is 0 Å². The highest BCUT2D eigenvalue weighted by Crippen LogP contribution is 2.23. The molecule has 0 aromatic heterocycles. The molecule has 4 nitrogen and oxygen atoms in total. The van der Waals surface area contributed by atoms with E-state index >= 15 is 0 Å². The van der Waals surface area contributed by atoms with Crippen molar-refractivity contribution in [3.05, 3.63) is 29.3 Å². The Bertz CT molecular complexity index is 481. The second-order valence-electron chi connectivity index (χ2n) is 5.80. The van der Waals surface area contributed by atoms with Crippen LogP contribution in [0.2, 0.25) is 0 Å². The smallest absolute Gasteiger partial charge is 0.319 e. The highest BCUT2D eigenvalue weighted by atomic mass is 16.2. The van der Waals surface area contributed by atoms with Crippen LogP contribution in [0.1, 0.15) is 43.2 Å². The number of carbonyl (C=O) groups excluding carboxylic acids is 1. The fourth-order valence-corrected chi connectivity index (χ4v) is 3.22. The van der Waals surface area contributed by atoms with E-state index in [0.29, 0.717) is 6.04 Å². The van der Waals surface area contributed by atoms with Crippen LogP contribution in [0.25, 0.3) is 0 Å². The third-order valence-corrected chi connectivity index (χ3v) is 4.33. The van der Waals surface area contributed by atoms with E-state index in [1.807, 2.05) is 12.1 Å². The van der Waals surface area contributed by atoms with Gasteiger partial charge in [-0.3, -0.25) is 0 Å².